The first kappa shape index (κ1) is 17.1. The predicted octanol–water partition coefficient (Wildman–Crippen LogP) is 0.229. The van der Waals surface area contributed by atoms with Crippen molar-refractivity contribution in [2.75, 3.05) is 13.7 Å². The van der Waals surface area contributed by atoms with Gasteiger partial charge in [0.05, 0.1) is 7.11 Å². The van der Waals surface area contributed by atoms with E-state index in [1.807, 2.05) is 13.8 Å². The largest absolute Gasteiger partial charge is 0.467 e. The summed E-state index contributed by atoms with van der Waals surface area (Å²) in [4.78, 5) is 47.4. The molecule has 1 aliphatic rings. The summed E-state index contributed by atoms with van der Waals surface area (Å²) in [7, 11) is 1.27. The minimum absolute atomic E-state index is 0.0108. The van der Waals surface area contributed by atoms with Gasteiger partial charge in [0, 0.05) is 25.8 Å². The summed E-state index contributed by atoms with van der Waals surface area (Å²) < 4.78 is 4.65. The molecule has 7 heteroatoms. The molecule has 0 aromatic carbocycles. The van der Waals surface area contributed by atoms with E-state index in [0.29, 0.717) is 6.42 Å². The van der Waals surface area contributed by atoms with Gasteiger partial charge in [-0.15, -0.1) is 0 Å². The molecule has 0 unspecified atom stereocenters. The lowest BCUT2D eigenvalue weighted by atomic mass is 10.0. The number of amides is 3. The highest BCUT2D eigenvalue weighted by molar-refractivity contribution is 6.02. The van der Waals surface area contributed by atoms with E-state index in [4.69, 9.17) is 0 Å². The van der Waals surface area contributed by atoms with Gasteiger partial charge in [-0.2, -0.15) is 0 Å². The zero-order valence-electron chi connectivity index (χ0n) is 12.7. The van der Waals surface area contributed by atoms with E-state index in [1.165, 1.54) is 7.11 Å². The highest BCUT2D eigenvalue weighted by Gasteiger charge is 2.29. The van der Waals surface area contributed by atoms with Crippen LogP contribution in [0.15, 0.2) is 0 Å². The molecule has 1 atom stereocenters. The number of carbonyl (C=O) groups excluding carboxylic acids is 4. The van der Waals surface area contributed by atoms with Crippen LogP contribution in [0.25, 0.3) is 0 Å². The number of nitrogens with zero attached hydrogens (tertiary/aromatic N) is 1. The second kappa shape index (κ2) is 7.75. The standard InChI is InChI=1S/C14H22N2O5/c1-9(2)8-10(14(20)21-3)15-11(17)6-7-16-12(18)4-5-13(16)19/h9-10H,4-8H2,1-3H3,(H,15,17)/t10-/m1/s1. The summed E-state index contributed by atoms with van der Waals surface area (Å²) in [5.41, 5.74) is 0. The average molecular weight is 298 g/mol. The van der Waals surface area contributed by atoms with Crippen molar-refractivity contribution in [2.24, 2.45) is 5.92 Å². The van der Waals surface area contributed by atoms with Gasteiger partial charge in [0.1, 0.15) is 6.04 Å². The number of likely N-dealkylation sites (tertiary alicyclic amines) is 1. The van der Waals surface area contributed by atoms with Crippen LogP contribution < -0.4 is 5.32 Å². The number of ether oxygens (including phenoxy) is 1. The molecule has 1 aliphatic heterocycles. The van der Waals surface area contributed by atoms with Gasteiger partial charge in [0.2, 0.25) is 17.7 Å². The molecule has 3 amide bonds. The molecule has 0 spiro atoms. The highest BCUT2D eigenvalue weighted by Crippen LogP contribution is 2.12. The third-order valence-electron chi connectivity index (χ3n) is 3.25. The van der Waals surface area contributed by atoms with E-state index < -0.39 is 12.0 Å². The second-order valence-electron chi connectivity index (χ2n) is 5.46. The fraction of sp³-hybridized carbons (Fsp3) is 0.714. The molecule has 0 saturated carbocycles. The van der Waals surface area contributed by atoms with Gasteiger partial charge >= 0.3 is 5.97 Å². The Labute approximate surface area is 124 Å². The van der Waals surface area contributed by atoms with E-state index in [0.717, 1.165) is 4.90 Å². The van der Waals surface area contributed by atoms with Crippen LogP contribution in [0, 0.1) is 5.92 Å². The fourth-order valence-corrected chi connectivity index (χ4v) is 2.18. The van der Waals surface area contributed by atoms with E-state index in [1.54, 1.807) is 0 Å². The van der Waals surface area contributed by atoms with Crippen LogP contribution in [-0.2, 0) is 23.9 Å². The third-order valence-corrected chi connectivity index (χ3v) is 3.25. The van der Waals surface area contributed by atoms with Gasteiger partial charge in [0.25, 0.3) is 0 Å². The van der Waals surface area contributed by atoms with Gasteiger partial charge in [-0.05, 0) is 12.3 Å². The Morgan fingerprint density at radius 1 is 1.24 bits per heavy atom. The average Bonchev–Trinajstić information content (AvgIpc) is 2.73. The summed E-state index contributed by atoms with van der Waals surface area (Å²) in [5, 5.41) is 2.59. The van der Waals surface area contributed by atoms with Crippen LogP contribution in [0.4, 0.5) is 0 Å². The Bertz CT molecular complexity index is 417. The lowest BCUT2D eigenvalue weighted by molar-refractivity contribution is -0.146. The second-order valence-corrected chi connectivity index (χ2v) is 5.46. The van der Waals surface area contributed by atoms with Gasteiger partial charge < -0.3 is 10.1 Å². The number of hydrogen-bond donors (Lipinski definition) is 1. The molecule has 1 fully saturated rings. The van der Waals surface area contributed by atoms with Crippen LogP contribution >= 0.6 is 0 Å². The lowest BCUT2D eigenvalue weighted by Gasteiger charge is -2.19. The van der Waals surface area contributed by atoms with Crippen LogP contribution in [-0.4, -0.2) is 48.3 Å². The zero-order valence-corrected chi connectivity index (χ0v) is 12.7. The molecular formula is C14H22N2O5. The van der Waals surface area contributed by atoms with Crippen molar-refractivity contribution in [2.45, 2.75) is 45.6 Å². The van der Waals surface area contributed by atoms with Crippen molar-refractivity contribution in [3.63, 3.8) is 0 Å². The van der Waals surface area contributed by atoms with E-state index >= 15 is 0 Å². The first-order valence-corrected chi connectivity index (χ1v) is 7.05. The Balaban J connectivity index is 2.48. The number of hydrogen-bond acceptors (Lipinski definition) is 5. The van der Waals surface area contributed by atoms with Crippen molar-refractivity contribution >= 4 is 23.7 Å². The van der Waals surface area contributed by atoms with Crippen molar-refractivity contribution in [1.82, 2.24) is 10.2 Å². The summed E-state index contributed by atoms with van der Waals surface area (Å²) in [6.07, 6.45) is 0.875. The SMILES string of the molecule is COC(=O)[C@@H](CC(C)C)NC(=O)CCN1C(=O)CCC1=O. The van der Waals surface area contributed by atoms with Crippen molar-refractivity contribution in [3.05, 3.63) is 0 Å². The van der Waals surface area contributed by atoms with Gasteiger partial charge in [0.15, 0.2) is 0 Å². The normalized spacial score (nSPS) is 16.3. The van der Waals surface area contributed by atoms with Crippen LogP contribution in [0.5, 0.6) is 0 Å². The molecule has 1 rings (SSSR count). The monoisotopic (exact) mass is 298 g/mol. The summed E-state index contributed by atoms with van der Waals surface area (Å²) in [6.45, 7) is 3.92. The number of nitrogens with one attached hydrogen (secondary N) is 1. The minimum atomic E-state index is -0.701. The number of carbonyl (C=O) groups is 4. The van der Waals surface area contributed by atoms with Gasteiger partial charge in [-0.25, -0.2) is 4.79 Å². The number of methoxy groups -OCH3 is 1. The molecule has 0 aliphatic carbocycles. The zero-order chi connectivity index (χ0) is 16.0. The first-order chi connectivity index (χ1) is 9.85. The maximum atomic E-state index is 11.9. The summed E-state index contributed by atoms with van der Waals surface area (Å²) in [6, 6.07) is -0.701. The number of rotatable bonds is 7. The maximum Gasteiger partial charge on any atom is 0.328 e. The maximum absolute atomic E-state index is 11.9. The lowest BCUT2D eigenvalue weighted by Crippen LogP contribution is -2.43. The Hall–Kier alpha value is -1.92. The van der Waals surface area contributed by atoms with E-state index in [9.17, 15) is 19.2 Å². The van der Waals surface area contributed by atoms with Crippen molar-refractivity contribution < 1.29 is 23.9 Å². The van der Waals surface area contributed by atoms with E-state index in [-0.39, 0.29) is 49.4 Å². The van der Waals surface area contributed by atoms with Gasteiger partial charge in [-0.1, -0.05) is 13.8 Å². The third kappa shape index (κ3) is 5.17. The van der Waals surface area contributed by atoms with Crippen LogP contribution in [0.2, 0.25) is 0 Å². The summed E-state index contributed by atoms with van der Waals surface area (Å²) in [5.74, 6) is -1.15. The highest BCUT2D eigenvalue weighted by atomic mass is 16.5. The van der Waals surface area contributed by atoms with Crippen molar-refractivity contribution in [3.8, 4) is 0 Å². The number of imide groups is 1. The fourth-order valence-electron chi connectivity index (χ4n) is 2.18. The predicted molar refractivity (Wildman–Crippen MR) is 74.0 cm³/mol. The Morgan fingerprint density at radius 2 is 1.81 bits per heavy atom. The molecule has 1 N–H and O–H groups in total. The summed E-state index contributed by atoms with van der Waals surface area (Å²) >= 11 is 0. The quantitative estimate of drug-likeness (QED) is 0.536. The van der Waals surface area contributed by atoms with Crippen molar-refractivity contribution in [1.29, 1.82) is 0 Å². The molecule has 0 bridgehead atoms. The minimum Gasteiger partial charge on any atom is -0.467 e. The molecule has 7 nitrogen and oxygen atoms in total. The van der Waals surface area contributed by atoms with Crippen LogP contribution in [0.1, 0.15) is 39.5 Å². The van der Waals surface area contributed by atoms with Crippen LogP contribution in [0.3, 0.4) is 0 Å². The molecular weight excluding hydrogens is 276 g/mol. The Morgan fingerprint density at radius 3 is 2.29 bits per heavy atom. The molecule has 21 heavy (non-hydrogen) atoms. The topological polar surface area (TPSA) is 92.8 Å². The first-order valence-electron chi connectivity index (χ1n) is 7.05. The van der Waals surface area contributed by atoms with Gasteiger partial charge in [-0.3, -0.25) is 19.3 Å². The van der Waals surface area contributed by atoms with E-state index in [2.05, 4.69) is 10.1 Å². The molecule has 1 heterocycles. The molecule has 0 aromatic rings. The smallest absolute Gasteiger partial charge is 0.328 e. The molecule has 118 valence electrons. The molecule has 1 saturated heterocycles. The molecule has 0 aromatic heterocycles. The number of esters is 1. The Kier molecular flexibility index (Phi) is 6.33. The molecule has 0 radical (unpaired) electrons.